The number of nitrogens with zero attached hydrogens (tertiary/aromatic N) is 6. The number of ether oxygens (including phenoxy) is 1. The van der Waals surface area contributed by atoms with Gasteiger partial charge in [0.1, 0.15) is 16.9 Å². The average Bonchev–Trinajstić information content (AvgIpc) is 3.23. The second-order valence-corrected chi connectivity index (χ2v) is 12.1. The number of aromatic nitrogens is 6. The van der Waals surface area contributed by atoms with E-state index in [1.807, 2.05) is 37.2 Å². The van der Waals surface area contributed by atoms with E-state index in [0.717, 1.165) is 76.5 Å². The minimum Gasteiger partial charge on any atom is -0.494 e. The van der Waals surface area contributed by atoms with Crippen molar-refractivity contribution in [2.45, 2.75) is 51.2 Å². The molecule has 4 aromatic heterocycles. The lowest BCUT2D eigenvalue weighted by Crippen LogP contribution is -2.41. The molecular formula is C31H34N8O2. The van der Waals surface area contributed by atoms with Gasteiger partial charge in [-0.3, -0.25) is 9.89 Å². The number of imidazole rings is 1. The Morgan fingerprint density at radius 3 is 2.68 bits per heavy atom. The van der Waals surface area contributed by atoms with Crippen LogP contribution in [0.5, 0.6) is 5.75 Å². The number of nitrogens with one attached hydrogen (secondary N) is 1. The van der Waals surface area contributed by atoms with Gasteiger partial charge in [0.15, 0.2) is 5.82 Å². The molecule has 1 aromatic carbocycles. The number of pyridine rings is 1. The zero-order valence-electron chi connectivity index (χ0n) is 23.6. The molecule has 5 heterocycles. The van der Waals surface area contributed by atoms with Crippen molar-refractivity contribution in [2.75, 3.05) is 13.7 Å². The fraction of sp³-hybridized carbons (Fsp3) is 0.419. The molecule has 3 N–H and O–H groups in total. The lowest BCUT2D eigenvalue weighted by atomic mass is 10.1. The highest BCUT2D eigenvalue weighted by molar-refractivity contribution is 6.00. The molecule has 3 fully saturated rings. The molecule has 10 heteroatoms. The van der Waals surface area contributed by atoms with Crippen LogP contribution in [0.1, 0.15) is 41.7 Å². The van der Waals surface area contributed by atoms with E-state index in [-0.39, 0.29) is 18.0 Å². The van der Waals surface area contributed by atoms with E-state index in [1.54, 1.807) is 7.11 Å². The topological polar surface area (TPSA) is 120 Å². The number of aromatic amines is 1. The van der Waals surface area contributed by atoms with Gasteiger partial charge in [0.25, 0.3) is 5.91 Å². The van der Waals surface area contributed by atoms with Crippen LogP contribution < -0.4 is 10.5 Å². The molecule has 10 nitrogen and oxygen atoms in total. The van der Waals surface area contributed by atoms with Gasteiger partial charge in [-0.05, 0) is 74.8 Å². The van der Waals surface area contributed by atoms with Crippen LogP contribution >= 0.6 is 0 Å². The second kappa shape index (κ2) is 8.91. The molecule has 210 valence electrons. The number of carbonyl (C=O) groups is 1. The van der Waals surface area contributed by atoms with Gasteiger partial charge >= 0.3 is 0 Å². The molecule has 1 amide bonds. The number of nitrogens with two attached hydrogens (primary N) is 1. The van der Waals surface area contributed by atoms with E-state index in [1.165, 1.54) is 12.8 Å². The van der Waals surface area contributed by atoms with Gasteiger partial charge in [-0.15, -0.1) is 0 Å². The monoisotopic (exact) mass is 550 g/mol. The van der Waals surface area contributed by atoms with Crippen molar-refractivity contribution in [3.8, 4) is 28.5 Å². The van der Waals surface area contributed by atoms with Crippen LogP contribution in [0.25, 0.3) is 44.8 Å². The number of likely N-dealkylation sites (tertiary alicyclic amines) is 1. The van der Waals surface area contributed by atoms with Crippen LogP contribution in [0.4, 0.5) is 0 Å². The molecule has 1 aliphatic heterocycles. The molecular weight excluding hydrogens is 516 g/mol. The molecule has 2 bridgehead atoms. The number of aryl methyl sites for hydroxylation is 2. The van der Waals surface area contributed by atoms with Crippen LogP contribution in [0.2, 0.25) is 0 Å². The van der Waals surface area contributed by atoms with E-state index in [4.69, 9.17) is 20.4 Å². The van der Waals surface area contributed by atoms with Crippen molar-refractivity contribution in [2.24, 2.45) is 24.6 Å². The lowest BCUT2D eigenvalue weighted by Gasteiger charge is -2.27. The fourth-order valence-corrected chi connectivity index (χ4v) is 7.08. The number of hydrogen-bond donors (Lipinski definition) is 2. The predicted molar refractivity (Wildman–Crippen MR) is 157 cm³/mol. The van der Waals surface area contributed by atoms with E-state index < -0.39 is 0 Å². The Labute approximate surface area is 237 Å². The Morgan fingerprint density at radius 2 is 2.00 bits per heavy atom. The highest BCUT2D eigenvalue weighted by Gasteiger charge is 2.47. The maximum Gasteiger partial charge on any atom is 0.254 e. The van der Waals surface area contributed by atoms with Crippen molar-refractivity contribution in [3.05, 3.63) is 47.8 Å². The van der Waals surface area contributed by atoms with Gasteiger partial charge in [-0.1, -0.05) is 0 Å². The molecule has 2 aliphatic carbocycles. The summed E-state index contributed by atoms with van der Waals surface area (Å²) in [6.07, 6.45) is 6.36. The second-order valence-electron chi connectivity index (χ2n) is 12.1. The molecule has 0 radical (unpaired) electrons. The third kappa shape index (κ3) is 3.73. The van der Waals surface area contributed by atoms with Gasteiger partial charge in [0, 0.05) is 54.4 Å². The summed E-state index contributed by atoms with van der Waals surface area (Å²) in [5.74, 6) is 2.51. The quantitative estimate of drug-likeness (QED) is 0.326. The lowest BCUT2D eigenvalue weighted by molar-refractivity contribution is 0.0700. The zero-order chi connectivity index (χ0) is 28.0. The summed E-state index contributed by atoms with van der Waals surface area (Å²) in [6, 6.07) is 10.3. The summed E-state index contributed by atoms with van der Waals surface area (Å²) in [5, 5.41) is 8.28. The number of methoxy groups -OCH3 is 1. The van der Waals surface area contributed by atoms with Gasteiger partial charge in [0.2, 0.25) is 0 Å². The maximum atomic E-state index is 13.7. The van der Waals surface area contributed by atoms with Crippen molar-refractivity contribution in [1.82, 2.24) is 34.2 Å². The molecule has 0 unspecified atom stereocenters. The van der Waals surface area contributed by atoms with E-state index >= 15 is 0 Å². The molecule has 0 spiro atoms. The van der Waals surface area contributed by atoms with E-state index in [0.29, 0.717) is 23.1 Å². The minimum absolute atomic E-state index is 0.00849. The Hall–Kier alpha value is -4.18. The van der Waals surface area contributed by atoms with Gasteiger partial charge in [0.05, 0.1) is 30.2 Å². The summed E-state index contributed by atoms with van der Waals surface area (Å²) in [4.78, 5) is 25.9. The first kappa shape index (κ1) is 24.6. The summed E-state index contributed by atoms with van der Waals surface area (Å²) in [6.45, 7) is 3.63. The first-order valence-corrected chi connectivity index (χ1v) is 14.5. The number of hydrogen-bond acceptors (Lipinski definition) is 6. The number of fused-ring (bicyclic) bond motifs is 4. The summed E-state index contributed by atoms with van der Waals surface area (Å²) < 4.78 is 10.2. The SMILES string of the molecule is COc1cc(C(=O)N2C[C@H]3CC[C@@H]2[C@@H]3N)cc2nc(-c3cc4ccc(-c5cn[nH]c5C)nc4n3CC3CC3)n(C)c12. The summed E-state index contributed by atoms with van der Waals surface area (Å²) >= 11 is 0. The molecule has 3 atom stereocenters. The normalized spacial score (nSPS) is 22.0. The third-order valence-electron chi connectivity index (χ3n) is 9.53. The van der Waals surface area contributed by atoms with Crippen LogP contribution in [0.15, 0.2) is 36.5 Å². The zero-order valence-corrected chi connectivity index (χ0v) is 23.6. The predicted octanol–water partition coefficient (Wildman–Crippen LogP) is 4.27. The fourth-order valence-electron chi connectivity index (χ4n) is 7.08. The molecule has 1 saturated heterocycles. The first-order chi connectivity index (χ1) is 19.9. The van der Waals surface area contributed by atoms with Gasteiger partial charge in [-0.25, -0.2) is 9.97 Å². The Balaban J connectivity index is 1.25. The van der Waals surface area contributed by atoms with Crippen LogP contribution in [0.3, 0.4) is 0 Å². The van der Waals surface area contributed by atoms with E-state index in [9.17, 15) is 4.79 Å². The largest absolute Gasteiger partial charge is 0.494 e. The third-order valence-corrected chi connectivity index (χ3v) is 9.53. The molecule has 5 aromatic rings. The number of H-pyrrole nitrogens is 1. The van der Waals surface area contributed by atoms with Gasteiger partial charge in [-0.2, -0.15) is 5.10 Å². The number of carbonyl (C=O) groups excluding carboxylic acids is 1. The van der Waals surface area contributed by atoms with Crippen molar-refractivity contribution in [3.63, 3.8) is 0 Å². The van der Waals surface area contributed by atoms with Gasteiger partial charge < -0.3 is 24.5 Å². The number of rotatable bonds is 6. The van der Waals surface area contributed by atoms with Crippen molar-refractivity contribution >= 4 is 28.0 Å². The molecule has 3 aliphatic rings. The van der Waals surface area contributed by atoms with Crippen molar-refractivity contribution < 1.29 is 9.53 Å². The summed E-state index contributed by atoms with van der Waals surface area (Å²) in [7, 11) is 3.66. The molecule has 41 heavy (non-hydrogen) atoms. The highest BCUT2D eigenvalue weighted by atomic mass is 16.5. The highest BCUT2D eigenvalue weighted by Crippen LogP contribution is 2.40. The Kier molecular flexibility index (Phi) is 5.35. The van der Waals surface area contributed by atoms with Crippen LogP contribution in [-0.4, -0.2) is 65.8 Å². The summed E-state index contributed by atoms with van der Waals surface area (Å²) in [5.41, 5.74) is 13.5. The number of piperidine rings is 1. The smallest absolute Gasteiger partial charge is 0.254 e. The molecule has 8 rings (SSSR count). The van der Waals surface area contributed by atoms with Crippen LogP contribution in [-0.2, 0) is 13.6 Å². The standard InChI is InChI=1S/C31H34N8O2/c1-16-21(13-33-36-16)22-8-6-18-11-25(38(29(18)34-22)14-17-4-5-17)30-35-23-10-20(12-26(41-3)28(23)37(30)2)31(40)39-15-19-7-9-24(39)27(19)32/h6,8,10-13,17,19,24,27H,4-5,7,9,14-15,32H2,1-3H3,(H,33,36)/t19-,24-,27-/m1/s1. The minimum atomic E-state index is 0.00849. The van der Waals surface area contributed by atoms with Crippen molar-refractivity contribution in [1.29, 1.82) is 0 Å². The Morgan fingerprint density at radius 1 is 1.15 bits per heavy atom. The maximum absolute atomic E-state index is 13.7. The van der Waals surface area contributed by atoms with Crippen LogP contribution in [0, 0.1) is 18.8 Å². The first-order valence-electron chi connectivity index (χ1n) is 14.5. The number of benzene rings is 1. The molecule has 2 saturated carbocycles. The number of amides is 1. The van der Waals surface area contributed by atoms with E-state index in [2.05, 4.69) is 37.5 Å². The average molecular weight is 551 g/mol. The Bertz CT molecular complexity index is 1840.